The average molecular weight is 589 g/mol. The first-order valence-electron chi connectivity index (χ1n) is 11.9. The third kappa shape index (κ3) is 5.10. The topological polar surface area (TPSA) is 66.2 Å². The number of benzene rings is 3. The van der Waals surface area contributed by atoms with E-state index < -0.39 is 22.9 Å². The van der Waals surface area contributed by atoms with Crippen LogP contribution in [0.3, 0.4) is 0 Å². The summed E-state index contributed by atoms with van der Waals surface area (Å²) in [6.07, 6.45) is -4.91. The average Bonchev–Trinajstić information content (AvgIpc) is 2.91. The van der Waals surface area contributed by atoms with Gasteiger partial charge in [0.15, 0.2) is 0 Å². The molecule has 1 saturated heterocycles. The van der Waals surface area contributed by atoms with Gasteiger partial charge in [0.25, 0.3) is 0 Å². The highest BCUT2D eigenvalue weighted by molar-refractivity contribution is 9.10. The predicted octanol–water partition coefficient (Wildman–Crippen LogP) is 6.28. The number of ether oxygens (including phenoxy) is 1. The molecule has 5 rings (SSSR count). The second kappa shape index (κ2) is 10.3. The van der Waals surface area contributed by atoms with Crippen molar-refractivity contribution in [1.82, 2.24) is 4.90 Å². The van der Waals surface area contributed by atoms with Gasteiger partial charge in [0.05, 0.1) is 23.6 Å². The lowest BCUT2D eigenvalue weighted by molar-refractivity contribution is -0.152. The van der Waals surface area contributed by atoms with Gasteiger partial charge in [-0.2, -0.15) is 13.2 Å². The second-order valence-electron chi connectivity index (χ2n) is 9.04. The number of hydrogen-bond acceptors (Lipinski definition) is 6. The van der Waals surface area contributed by atoms with Gasteiger partial charge in [-0.05, 0) is 54.1 Å². The van der Waals surface area contributed by atoms with E-state index in [1.807, 2.05) is 29.2 Å². The Morgan fingerprint density at radius 3 is 2.24 bits per heavy atom. The first-order chi connectivity index (χ1) is 18.2. The Morgan fingerprint density at radius 2 is 1.63 bits per heavy atom. The smallest absolute Gasteiger partial charge is 0.450 e. The Balaban J connectivity index is 1.48. The lowest BCUT2D eigenvalue weighted by Gasteiger charge is -2.36. The van der Waals surface area contributed by atoms with Crippen molar-refractivity contribution in [3.05, 3.63) is 86.7 Å². The maximum atomic E-state index is 14.1. The summed E-state index contributed by atoms with van der Waals surface area (Å²) in [5, 5.41) is 10.6. The van der Waals surface area contributed by atoms with E-state index in [1.165, 1.54) is 24.3 Å². The van der Waals surface area contributed by atoms with Crippen molar-refractivity contribution in [2.45, 2.75) is 12.7 Å². The molecule has 0 saturated carbocycles. The van der Waals surface area contributed by atoms with E-state index in [0.29, 0.717) is 30.7 Å². The molecular weight excluding hydrogens is 565 g/mol. The summed E-state index contributed by atoms with van der Waals surface area (Å²) < 4.78 is 53.7. The maximum absolute atomic E-state index is 14.1. The SMILES string of the molecule is COc1ccc(N2CCN(Cc3c(O)ccc4c(=O)c(-c5ccc(Br)cc5)c(C(F)(F)F)oc34)CC2)cc1. The Bertz CT molecular complexity index is 1510. The Morgan fingerprint density at radius 1 is 0.974 bits per heavy atom. The minimum atomic E-state index is -4.91. The summed E-state index contributed by atoms with van der Waals surface area (Å²) >= 11 is 3.26. The van der Waals surface area contributed by atoms with Crippen LogP contribution in [0, 0.1) is 0 Å². The fourth-order valence-corrected chi connectivity index (χ4v) is 4.98. The number of phenols is 1. The monoisotopic (exact) mass is 588 g/mol. The molecule has 198 valence electrons. The van der Waals surface area contributed by atoms with Crippen LogP contribution in [0.1, 0.15) is 11.3 Å². The van der Waals surface area contributed by atoms with Crippen molar-refractivity contribution in [3.8, 4) is 22.6 Å². The van der Waals surface area contributed by atoms with Crippen LogP contribution in [0.5, 0.6) is 11.5 Å². The molecule has 38 heavy (non-hydrogen) atoms. The van der Waals surface area contributed by atoms with Crippen LogP contribution in [0.25, 0.3) is 22.1 Å². The molecule has 1 fully saturated rings. The number of rotatable bonds is 5. The van der Waals surface area contributed by atoms with Gasteiger partial charge in [-0.15, -0.1) is 0 Å². The quantitative estimate of drug-likeness (QED) is 0.296. The molecular formula is C28H24BrF3N2O4. The molecule has 0 radical (unpaired) electrons. The first kappa shape index (κ1) is 26.1. The van der Waals surface area contributed by atoms with E-state index in [4.69, 9.17) is 9.15 Å². The van der Waals surface area contributed by atoms with Gasteiger partial charge < -0.3 is 19.2 Å². The van der Waals surface area contributed by atoms with Crippen molar-refractivity contribution >= 4 is 32.6 Å². The van der Waals surface area contributed by atoms with E-state index in [-0.39, 0.29) is 34.4 Å². The van der Waals surface area contributed by atoms with Crippen molar-refractivity contribution in [1.29, 1.82) is 0 Å². The van der Waals surface area contributed by atoms with E-state index in [9.17, 15) is 23.1 Å². The van der Waals surface area contributed by atoms with Gasteiger partial charge in [-0.25, -0.2) is 0 Å². The molecule has 0 amide bonds. The Kier molecular flexibility index (Phi) is 7.11. The molecule has 2 heterocycles. The second-order valence-corrected chi connectivity index (χ2v) is 9.96. The zero-order valence-corrected chi connectivity index (χ0v) is 22.0. The lowest BCUT2D eigenvalue weighted by atomic mass is 10.00. The molecule has 0 spiro atoms. The predicted molar refractivity (Wildman–Crippen MR) is 143 cm³/mol. The number of hydrogen-bond donors (Lipinski definition) is 1. The molecule has 6 nitrogen and oxygen atoms in total. The zero-order valence-electron chi connectivity index (χ0n) is 20.4. The van der Waals surface area contributed by atoms with Crippen molar-refractivity contribution in [3.63, 3.8) is 0 Å². The highest BCUT2D eigenvalue weighted by Gasteiger charge is 2.40. The van der Waals surface area contributed by atoms with Crippen LogP contribution < -0.4 is 15.1 Å². The summed E-state index contributed by atoms with van der Waals surface area (Å²) in [4.78, 5) is 17.6. The van der Waals surface area contributed by atoms with E-state index in [1.54, 1.807) is 19.2 Å². The number of nitrogens with zero attached hydrogens (tertiary/aromatic N) is 2. The minimum Gasteiger partial charge on any atom is -0.507 e. The lowest BCUT2D eigenvalue weighted by Crippen LogP contribution is -2.46. The normalized spacial score (nSPS) is 14.7. The van der Waals surface area contributed by atoms with Crippen LogP contribution in [0.15, 0.2) is 74.3 Å². The molecule has 0 atom stereocenters. The van der Waals surface area contributed by atoms with Crippen LogP contribution in [0.4, 0.5) is 18.9 Å². The fraction of sp³-hybridized carbons (Fsp3) is 0.250. The van der Waals surface area contributed by atoms with Crippen LogP contribution in [-0.2, 0) is 12.7 Å². The van der Waals surface area contributed by atoms with Gasteiger partial charge in [0.2, 0.25) is 11.2 Å². The largest absolute Gasteiger partial charge is 0.507 e. The summed E-state index contributed by atoms with van der Waals surface area (Å²) in [6.45, 7) is 2.72. The van der Waals surface area contributed by atoms with Crippen molar-refractivity contribution < 1.29 is 27.4 Å². The summed E-state index contributed by atoms with van der Waals surface area (Å²) in [7, 11) is 1.61. The third-order valence-electron chi connectivity index (χ3n) is 6.72. The first-order valence-corrected chi connectivity index (χ1v) is 12.7. The van der Waals surface area contributed by atoms with E-state index >= 15 is 0 Å². The standard InChI is InChI=1S/C28H24BrF3N2O4/c1-37-20-8-6-19(7-9-20)34-14-12-33(13-15-34)16-22-23(35)11-10-21-25(36)24(17-2-4-18(29)5-3-17)27(28(30,31)32)38-26(21)22/h2-11,35H,12-16H2,1H3. The van der Waals surface area contributed by atoms with Crippen molar-refractivity contribution in [2.75, 3.05) is 38.2 Å². The highest BCUT2D eigenvalue weighted by atomic mass is 79.9. The third-order valence-corrected chi connectivity index (χ3v) is 7.25. The number of phenolic OH excluding ortho intramolecular Hbond substituents is 1. The molecule has 0 bridgehead atoms. The molecule has 1 aliphatic rings. The number of fused-ring (bicyclic) bond motifs is 1. The summed E-state index contributed by atoms with van der Waals surface area (Å²) in [6, 6.07) is 16.4. The molecule has 4 aromatic rings. The van der Waals surface area contributed by atoms with Crippen molar-refractivity contribution in [2.24, 2.45) is 0 Å². The van der Waals surface area contributed by atoms with E-state index in [0.717, 1.165) is 11.4 Å². The molecule has 1 N–H and O–H groups in total. The number of alkyl halides is 3. The molecule has 1 aromatic heterocycles. The number of aromatic hydroxyl groups is 1. The summed E-state index contributed by atoms with van der Waals surface area (Å²) in [5.41, 5.74) is -0.306. The number of anilines is 1. The van der Waals surface area contributed by atoms with Gasteiger partial charge in [-0.1, -0.05) is 28.1 Å². The molecule has 3 aromatic carbocycles. The molecule has 0 aliphatic carbocycles. The zero-order chi connectivity index (χ0) is 27.0. The van der Waals surface area contributed by atoms with Crippen LogP contribution >= 0.6 is 15.9 Å². The summed E-state index contributed by atoms with van der Waals surface area (Å²) in [5.74, 6) is -0.835. The Hall–Kier alpha value is -3.50. The highest BCUT2D eigenvalue weighted by Crippen LogP contribution is 2.39. The fourth-order valence-electron chi connectivity index (χ4n) is 4.72. The minimum absolute atomic E-state index is 0.0133. The number of piperazine rings is 1. The van der Waals surface area contributed by atoms with Gasteiger partial charge >= 0.3 is 6.18 Å². The maximum Gasteiger partial charge on any atom is 0.450 e. The Labute approximate surface area is 225 Å². The van der Waals surface area contributed by atoms with Gasteiger partial charge in [0.1, 0.15) is 17.1 Å². The van der Waals surface area contributed by atoms with Gasteiger partial charge in [0, 0.05) is 42.9 Å². The number of halogens is 4. The van der Waals surface area contributed by atoms with Crippen LogP contribution in [-0.4, -0.2) is 43.3 Å². The van der Waals surface area contributed by atoms with Crippen LogP contribution in [0.2, 0.25) is 0 Å². The van der Waals surface area contributed by atoms with Gasteiger partial charge in [-0.3, -0.25) is 9.69 Å². The molecule has 1 aliphatic heterocycles. The molecule has 0 unspecified atom stereocenters. The molecule has 10 heteroatoms. The number of methoxy groups -OCH3 is 1. The van der Waals surface area contributed by atoms with E-state index in [2.05, 4.69) is 20.8 Å².